The molecule has 1 aromatic carbocycles. The van der Waals surface area contributed by atoms with Crippen LogP contribution in [0.2, 0.25) is 0 Å². The molecule has 2 N–H and O–H groups in total. The molecule has 20 heavy (non-hydrogen) atoms. The maximum atomic E-state index is 11.6. The summed E-state index contributed by atoms with van der Waals surface area (Å²) in [4.78, 5) is 11.6. The van der Waals surface area contributed by atoms with Crippen molar-refractivity contribution in [1.82, 2.24) is 5.32 Å². The van der Waals surface area contributed by atoms with Gasteiger partial charge in [-0.25, -0.2) is 0 Å². The molecule has 2 rings (SSSR count). The van der Waals surface area contributed by atoms with Crippen molar-refractivity contribution >= 4 is 21.8 Å². The highest BCUT2D eigenvalue weighted by Crippen LogP contribution is 2.23. The minimum Gasteiger partial charge on any atom is -0.483 e. The van der Waals surface area contributed by atoms with Crippen molar-refractivity contribution < 1.29 is 19.1 Å². The first-order valence-electron chi connectivity index (χ1n) is 6.02. The van der Waals surface area contributed by atoms with Gasteiger partial charge in [0.15, 0.2) is 6.61 Å². The van der Waals surface area contributed by atoms with Crippen molar-refractivity contribution in [2.24, 2.45) is 0 Å². The topological polar surface area (TPSA) is 71.7 Å². The van der Waals surface area contributed by atoms with Crippen LogP contribution in [-0.2, 0) is 4.79 Å². The summed E-state index contributed by atoms with van der Waals surface area (Å²) < 4.78 is 11.2. The summed E-state index contributed by atoms with van der Waals surface area (Å²) >= 11 is 3.33. The van der Waals surface area contributed by atoms with Gasteiger partial charge in [-0.15, -0.1) is 0 Å². The molecule has 1 aromatic heterocycles. The molecule has 0 saturated carbocycles. The Hall–Kier alpha value is -1.79. The van der Waals surface area contributed by atoms with E-state index in [2.05, 4.69) is 21.2 Å². The number of para-hydroxylation sites is 1. The third-order valence-corrected chi connectivity index (χ3v) is 3.21. The zero-order valence-corrected chi connectivity index (χ0v) is 12.2. The molecule has 0 radical (unpaired) electrons. The van der Waals surface area contributed by atoms with Gasteiger partial charge in [0.1, 0.15) is 17.6 Å². The van der Waals surface area contributed by atoms with Gasteiger partial charge in [0, 0.05) is 0 Å². The van der Waals surface area contributed by atoms with E-state index in [9.17, 15) is 9.90 Å². The van der Waals surface area contributed by atoms with Gasteiger partial charge in [-0.2, -0.15) is 0 Å². The fourth-order valence-corrected chi connectivity index (χ4v) is 1.95. The highest BCUT2D eigenvalue weighted by Gasteiger charge is 2.12. The molecule has 0 saturated heterocycles. The van der Waals surface area contributed by atoms with Crippen LogP contribution in [0, 0.1) is 0 Å². The van der Waals surface area contributed by atoms with Crippen molar-refractivity contribution in [1.29, 1.82) is 0 Å². The van der Waals surface area contributed by atoms with Crippen LogP contribution in [0.1, 0.15) is 11.9 Å². The number of hydrogen-bond donors (Lipinski definition) is 2. The Labute approximate surface area is 124 Å². The quantitative estimate of drug-likeness (QED) is 0.846. The van der Waals surface area contributed by atoms with Crippen molar-refractivity contribution in [2.45, 2.75) is 6.10 Å². The van der Waals surface area contributed by atoms with Crippen molar-refractivity contribution in [3.63, 3.8) is 0 Å². The molecule has 0 fully saturated rings. The second-order valence-corrected chi connectivity index (χ2v) is 4.91. The van der Waals surface area contributed by atoms with E-state index < -0.39 is 6.10 Å². The number of nitrogens with one attached hydrogen (secondary N) is 1. The Kier molecular flexibility index (Phi) is 5.20. The lowest BCUT2D eigenvalue weighted by Gasteiger charge is -2.11. The second kappa shape index (κ2) is 7.12. The van der Waals surface area contributed by atoms with E-state index >= 15 is 0 Å². The van der Waals surface area contributed by atoms with E-state index in [0.29, 0.717) is 11.5 Å². The minimum atomic E-state index is -0.864. The second-order valence-electron chi connectivity index (χ2n) is 4.05. The highest BCUT2D eigenvalue weighted by atomic mass is 79.9. The molecule has 5 nitrogen and oxygen atoms in total. The first-order chi connectivity index (χ1) is 9.66. The summed E-state index contributed by atoms with van der Waals surface area (Å²) in [7, 11) is 0. The van der Waals surface area contributed by atoms with E-state index in [1.54, 1.807) is 18.2 Å². The predicted molar refractivity (Wildman–Crippen MR) is 76.3 cm³/mol. The third kappa shape index (κ3) is 4.11. The Balaban J connectivity index is 1.75. The number of benzene rings is 1. The monoisotopic (exact) mass is 339 g/mol. The zero-order valence-electron chi connectivity index (χ0n) is 10.6. The van der Waals surface area contributed by atoms with E-state index in [1.165, 1.54) is 6.26 Å². The predicted octanol–water partition coefficient (Wildman–Crippen LogP) is 2.27. The number of aliphatic hydroxyl groups is 1. The Morgan fingerprint density at radius 1 is 1.35 bits per heavy atom. The van der Waals surface area contributed by atoms with Crippen LogP contribution in [0.5, 0.6) is 5.75 Å². The molecule has 1 amide bonds. The lowest BCUT2D eigenvalue weighted by atomic mass is 10.3. The molecule has 1 heterocycles. The molecule has 1 atom stereocenters. The van der Waals surface area contributed by atoms with Gasteiger partial charge < -0.3 is 19.6 Å². The molecule has 106 valence electrons. The molecule has 2 aromatic rings. The summed E-state index contributed by atoms with van der Waals surface area (Å²) in [6, 6.07) is 10.6. The number of hydrogen-bond acceptors (Lipinski definition) is 4. The summed E-state index contributed by atoms with van der Waals surface area (Å²) in [6.45, 7) is -0.0425. The molecule has 0 aliphatic rings. The summed E-state index contributed by atoms with van der Waals surface area (Å²) in [5, 5.41) is 12.3. The normalized spacial score (nSPS) is 11.9. The lowest BCUT2D eigenvalue weighted by Crippen LogP contribution is -2.32. The van der Waals surface area contributed by atoms with E-state index in [-0.39, 0.29) is 19.1 Å². The molecular formula is C14H14BrNO4. The maximum absolute atomic E-state index is 11.6. The van der Waals surface area contributed by atoms with Gasteiger partial charge in [0.05, 0.1) is 17.3 Å². The van der Waals surface area contributed by atoms with Crippen LogP contribution in [0.4, 0.5) is 0 Å². The number of carbonyl (C=O) groups excluding carboxylic acids is 1. The Morgan fingerprint density at radius 3 is 2.85 bits per heavy atom. The number of amides is 1. The maximum Gasteiger partial charge on any atom is 0.258 e. The smallest absolute Gasteiger partial charge is 0.258 e. The summed E-state index contributed by atoms with van der Waals surface area (Å²) in [5.74, 6) is 0.692. The first kappa shape index (κ1) is 14.6. The van der Waals surface area contributed by atoms with Crippen LogP contribution in [0.25, 0.3) is 0 Å². The van der Waals surface area contributed by atoms with E-state index in [4.69, 9.17) is 9.15 Å². The molecule has 6 heteroatoms. The molecular weight excluding hydrogens is 326 g/mol. The van der Waals surface area contributed by atoms with Crippen LogP contribution < -0.4 is 10.1 Å². The largest absolute Gasteiger partial charge is 0.483 e. The van der Waals surface area contributed by atoms with Crippen LogP contribution in [0.15, 0.2) is 51.6 Å². The molecule has 0 unspecified atom stereocenters. The van der Waals surface area contributed by atoms with Gasteiger partial charge in [-0.3, -0.25) is 4.79 Å². The molecule has 0 aliphatic carbocycles. The number of ether oxygens (including phenoxy) is 1. The number of rotatable bonds is 6. The van der Waals surface area contributed by atoms with Crippen molar-refractivity contribution in [2.75, 3.05) is 13.2 Å². The standard InChI is InChI=1S/C14H14BrNO4/c15-10-4-1-2-5-12(10)20-9-14(18)16-8-11(17)13-6-3-7-19-13/h1-7,11,17H,8-9H2,(H,16,18)/t11-/m0/s1. The molecule has 0 spiro atoms. The number of aliphatic hydroxyl groups excluding tert-OH is 1. The number of halogens is 1. The fraction of sp³-hybridized carbons (Fsp3) is 0.214. The Bertz CT molecular complexity index is 556. The van der Waals surface area contributed by atoms with Gasteiger partial charge >= 0.3 is 0 Å². The Morgan fingerprint density at radius 2 is 2.15 bits per heavy atom. The van der Waals surface area contributed by atoms with Gasteiger partial charge in [-0.1, -0.05) is 12.1 Å². The van der Waals surface area contributed by atoms with Crippen molar-refractivity contribution in [3.05, 3.63) is 52.9 Å². The van der Waals surface area contributed by atoms with Crippen LogP contribution >= 0.6 is 15.9 Å². The summed E-state index contributed by atoms with van der Waals surface area (Å²) in [5.41, 5.74) is 0. The fourth-order valence-electron chi connectivity index (χ4n) is 1.55. The first-order valence-corrected chi connectivity index (χ1v) is 6.81. The van der Waals surface area contributed by atoms with Gasteiger partial charge in [0.2, 0.25) is 0 Å². The zero-order chi connectivity index (χ0) is 14.4. The van der Waals surface area contributed by atoms with Crippen LogP contribution in [-0.4, -0.2) is 24.2 Å². The minimum absolute atomic E-state index is 0.0751. The van der Waals surface area contributed by atoms with Crippen LogP contribution in [0.3, 0.4) is 0 Å². The van der Waals surface area contributed by atoms with E-state index in [1.807, 2.05) is 18.2 Å². The number of furan rings is 1. The average Bonchev–Trinajstić information content (AvgIpc) is 2.98. The highest BCUT2D eigenvalue weighted by molar-refractivity contribution is 9.10. The lowest BCUT2D eigenvalue weighted by molar-refractivity contribution is -0.123. The van der Waals surface area contributed by atoms with Gasteiger partial charge in [-0.05, 0) is 40.2 Å². The molecule has 0 bridgehead atoms. The average molecular weight is 340 g/mol. The number of carbonyl (C=O) groups is 1. The summed E-state index contributed by atoms with van der Waals surface area (Å²) in [6.07, 6.45) is 0.605. The van der Waals surface area contributed by atoms with E-state index in [0.717, 1.165) is 4.47 Å². The van der Waals surface area contributed by atoms with Gasteiger partial charge in [0.25, 0.3) is 5.91 Å². The molecule has 0 aliphatic heterocycles. The van der Waals surface area contributed by atoms with Crippen molar-refractivity contribution in [3.8, 4) is 5.75 Å². The SMILES string of the molecule is O=C(COc1ccccc1Br)NC[C@H](O)c1ccco1. The third-order valence-electron chi connectivity index (χ3n) is 2.56.